The summed E-state index contributed by atoms with van der Waals surface area (Å²) in [5.74, 6) is -0.556. The highest BCUT2D eigenvalue weighted by Gasteiger charge is 2.38. The van der Waals surface area contributed by atoms with Gasteiger partial charge in [-0.2, -0.15) is 10.5 Å². The zero-order valence-corrected chi connectivity index (χ0v) is 11.3. The minimum atomic E-state index is -0.338. The molecular weight excluding hydrogens is 254 g/mol. The van der Waals surface area contributed by atoms with E-state index in [9.17, 15) is 9.59 Å². The molecule has 0 unspecified atom stereocenters. The van der Waals surface area contributed by atoms with E-state index < -0.39 is 0 Å². The second-order valence-electron chi connectivity index (χ2n) is 5.59. The Bertz CT molecular complexity index is 657. The summed E-state index contributed by atoms with van der Waals surface area (Å²) < 4.78 is 0. The zero-order valence-electron chi connectivity index (χ0n) is 11.3. The van der Waals surface area contributed by atoms with Gasteiger partial charge >= 0.3 is 0 Å². The monoisotopic (exact) mass is 267 g/mol. The zero-order chi connectivity index (χ0) is 14.9. The van der Waals surface area contributed by atoms with Gasteiger partial charge in [0.25, 0.3) is 0 Å². The first-order valence-corrected chi connectivity index (χ1v) is 6.18. The van der Waals surface area contributed by atoms with Crippen molar-refractivity contribution >= 4 is 17.5 Å². The van der Waals surface area contributed by atoms with E-state index in [1.807, 2.05) is 26.0 Å². The number of nitriles is 2. The van der Waals surface area contributed by atoms with Crippen molar-refractivity contribution in [3.05, 3.63) is 29.3 Å². The molecule has 5 nitrogen and oxygen atoms in total. The minimum Gasteiger partial charge on any atom is -0.274 e. The van der Waals surface area contributed by atoms with Crippen molar-refractivity contribution in [2.75, 3.05) is 4.90 Å². The number of rotatable bonds is 1. The molecule has 1 fully saturated rings. The summed E-state index contributed by atoms with van der Waals surface area (Å²) in [4.78, 5) is 25.4. The Balaban J connectivity index is 2.43. The van der Waals surface area contributed by atoms with Gasteiger partial charge in [0.15, 0.2) is 0 Å². The number of hydrogen-bond acceptors (Lipinski definition) is 4. The number of nitrogens with zero attached hydrogens (tertiary/aromatic N) is 3. The third-order valence-electron chi connectivity index (χ3n) is 3.26. The summed E-state index contributed by atoms with van der Waals surface area (Å²) >= 11 is 0. The van der Waals surface area contributed by atoms with Crippen LogP contribution < -0.4 is 4.90 Å². The molecule has 0 atom stereocenters. The molecule has 1 aliphatic rings. The number of carbonyl (C=O) groups is 2. The number of piperidine rings is 1. The lowest BCUT2D eigenvalue weighted by atomic mass is 9.81. The Morgan fingerprint density at radius 2 is 1.60 bits per heavy atom. The largest absolute Gasteiger partial charge is 0.274 e. The highest BCUT2D eigenvalue weighted by Crippen LogP contribution is 2.34. The summed E-state index contributed by atoms with van der Waals surface area (Å²) in [6, 6.07) is 8.18. The fourth-order valence-corrected chi connectivity index (χ4v) is 2.33. The molecule has 1 saturated heterocycles. The molecular formula is C15H13N3O2. The topological polar surface area (TPSA) is 85.0 Å². The van der Waals surface area contributed by atoms with Crippen molar-refractivity contribution in [1.82, 2.24) is 0 Å². The summed E-state index contributed by atoms with van der Waals surface area (Å²) in [7, 11) is 0. The van der Waals surface area contributed by atoms with Crippen LogP contribution in [-0.4, -0.2) is 11.8 Å². The lowest BCUT2D eigenvalue weighted by molar-refractivity contribution is -0.132. The Kier molecular flexibility index (Phi) is 3.29. The lowest BCUT2D eigenvalue weighted by Crippen LogP contribution is -2.46. The van der Waals surface area contributed by atoms with E-state index in [0.29, 0.717) is 5.69 Å². The van der Waals surface area contributed by atoms with Crippen LogP contribution in [0.2, 0.25) is 0 Å². The summed E-state index contributed by atoms with van der Waals surface area (Å²) in [5, 5.41) is 17.9. The van der Waals surface area contributed by atoms with Gasteiger partial charge in [-0.25, -0.2) is 0 Å². The third-order valence-corrected chi connectivity index (χ3v) is 3.26. The molecule has 0 N–H and O–H groups in total. The van der Waals surface area contributed by atoms with Gasteiger partial charge in [-0.15, -0.1) is 0 Å². The molecule has 0 aliphatic carbocycles. The van der Waals surface area contributed by atoms with Crippen molar-refractivity contribution in [2.45, 2.75) is 26.7 Å². The number of amides is 2. The first kappa shape index (κ1) is 13.8. The van der Waals surface area contributed by atoms with E-state index in [0.717, 1.165) is 4.90 Å². The van der Waals surface area contributed by atoms with Gasteiger partial charge in [0.2, 0.25) is 11.8 Å². The molecule has 2 rings (SSSR count). The van der Waals surface area contributed by atoms with E-state index in [1.165, 1.54) is 18.2 Å². The van der Waals surface area contributed by atoms with Crippen LogP contribution in [0.1, 0.15) is 37.8 Å². The van der Waals surface area contributed by atoms with Crippen LogP contribution in [0.5, 0.6) is 0 Å². The molecule has 0 spiro atoms. The number of anilines is 1. The van der Waals surface area contributed by atoms with Crippen LogP contribution >= 0.6 is 0 Å². The maximum atomic E-state index is 12.1. The lowest BCUT2D eigenvalue weighted by Gasteiger charge is -2.34. The summed E-state index contributed by atoms with van der Waals surface area (Å²) in [5.41, 5.74) is 0.407. The van der Waals surface area contributed by atoms with Gasteiger partial charge in [0.05, 0.1) is 16.8 Å². The van der Waals surface area contributed by atoms with E-state index in [2.05, 4.69) is 0 Å². The SMILES string of the molecule is CC1(C)CC(=O)N(c2ccc(C#N)c(C#N)c2)C(=O)C1. The number of benzene rings is 1. The Hall–Kier alpha value is -2.66. The number of imide groups is 1. The highest BCUT2D eigenvalue weighted by molar-refractivity contribution is 6.17. The van der Waals surface area contributed by atoms with Gasteiger partial charge in [-0.05, 0) is 23.6 Å². The van der Waals surface area contributed by atoms with Crippen LogP contribution in [0.25, 0.3) is 0 Å². The quantitative estimate of drug-likeness (QED) is 0.729. The maximum absolute atomic E-state index is 12.1. The Morgan fingerprint density at radius 1 is 1.05 bits per heavy atom. The Labute approximate surface area is 117 Å². The van der Waals surface area contributed by atoms with Gasteiger partial charge in [0, 0.05) is 12.8 Å². The van der Waals surface area contributed by atoms with Crippen molar-refractivity contribution in [3.8, 4) is 12.1 Å². The van der Waals surface area contributed by atoms with E-state index in [1.54, 1.807) is 0 Å². The molecule has 0 saturated carbocycles. The van der Waals surface area contributed by atoms with Crippen LogP contribution in [-0.2, 0) is 9.59 Å². The van der Waals surface area contributed by atoms with Gasteiger partial charge in [-0.3, -0.25) is 14.5 Å². The molecule has 0 radical (unpaired) electrons. The summed E-state index contributed by atoms with van der Waals surface area (Å²) in [6.07, 6.45) is 0.557. The fourth-order valence-electron chi connectivity index (χ4n) is 2.33. The van der Waals surface area contributed by atoms with Gasteiger partial charge in [-0.1, -0.05) is 13.8 Å². The predicted octanol–water partition coefficient (Wildman–Crippen LogP) is 2.11. The van der Waals surface area contributed by atoms with Crippen molar-refractivity contribution in [1.29, 1.82) is 10.5 Å². The molecule has 2 amide bonds. The first-order valence-electron chi connectivity index (χ1n) is 6.18. The van der Waals surface area contributed by atoms with Crippen molar-refractivity contribution < 1.29 is 9.59 Å². The molecule has 1 aliphatic heterocycles. The van der Waals surface area contributed by atoms with Crippen LogP contribution in [0.3, 0.4) is 0 Å². The maximum Gasteiger partial charge on any atom is 0.234 e. The average Bonchev–Trinajstić information content (AvgIpc) is 2.36. The summed E-state index contributed by atoms with van der Waals surface area (Å²) in [6.45, 7) is 3.75. The second-order valence-corrected chi connectivity index (χ2v) is 5.59. The highest BCUT2D eigenvalue weighted by atomic mass is 16.2. The molecule has 1 heterocycles. The fraction of sp³-hybridized carbons (Fsp3) is 0.333. The number of hydrogen-bond donors (Lipinski definition) is 0. The predicted molar refractivity (Wildman–Crippen MR) is 71.4 cm³/mol. The van der Waals surface area contributed by atoms with Crippen molar-refractivity contribution in [2.24, 2.45) is 5.41 Å². The van der Waals surface area contributed by atoms with Crippen LogP contribution in [0.15, 0.2) is 18.2 Å². The molecule has 100 valence electrons. The number of carbonyl (C=O) groups excluding carboxylic acids is 2. The van der Waals surface area contributed by atoms with Crippen LogP contribution in [0.4, 0.5) is 5.69 Å². The molecule has 0 aromatic heterocycles. The van der Waals surface area contributed by atoms with Crippen molar-refractivity contribution in [3.63, 3.8) is 0 Å². The third kappa shape index (κ3) is 2.39. The van der Waals surface area contributed by atoms with Gasteiger partial charge < -0.3 is 0 Å². The van der Waals surface area contributed by atoms with E-state index in [-0.39, 0.29) is 41.2 Å². The first-order chi connectivity index (χ1) is 9.38. The Morgan fingerprint density at radius 3 is 2.10 bits per heavy atom. The minimum absolute atomic E-state index is 0.162. The molecule has 1 aromatic carbocycles. The molecule has 20 heavy (non-hydrogen) atoms. The van der Waals surface area contributed by atoms with Gasteiger partial charge in [0.1, 0.15) is 12.1 Å². The average molecular weight is 267 g/mol. The molecule has 0 bridgehead atoms. The normalized spacial score (nSPS) is 17.5. The standard InChI is InChI=1S/C15H13N3O2/c1-15(2)6-13(19)18(14(20)7-15)12-4-3-10(8-16)11(5-12)9-17/h3-5H,6-7H2,1-2H3. The smallest absolute Gasteiger partial charge is 0.234 e. The van der Waals surface area contributed by atoms with E-state index >= 15 is 0 Å². The second kappa shape index (κ2) is 4.79. The molecule has 1 aromatic rings. The van der Waals surface area contributed by atoms with E-state index in [4.69, 9.17) is 10.5 Å². The molecule has 5 heteroatoms. The van der Waals surface area contributed by atoms with Crippen LogP contribution in [0, 0.1) is 28.1 Å².